The van der Waals surface area contributed by atoms with Crippen molar-refractivity contribution in [2.45, 2.75) is 25.9 Å². The number of aromatic nitrogens is 1. The molecule has 1 aromatic heterocycles. The van der Waals surface area contributed by atoms with Gasteiger partial charge in [-0.15, -0.1) is 0 Å². The van der Waals surface area contributed by atoms with Crippen LogP contribution >= 0.6 is 12.2 Å². The number of aromatic amines is 1. The van der Waals surface area contributed by atoms with Crippen molar-refractivity contribution < 1.29 is 9.47 Å². The summed E-state index contributed by atoms with van der Waals surface area (Å²) in [5, 5.41) is 4.99. The van der Waals surface area contributed by atoms with Gasteiger partial charge in [0.1, 0.15) is 13.2 Å². The van der Waals surface area contributed by atoms with Gasteiger partial charge in [-0.2, -0.15) is 0 Å². The Morgan fingerprint density at radius 3 is 2.50 bits per heavy atom. The fourth-order valence-electron chi connectivity index (χ4n) is 4.04. The smallest absolute Gasteiger partial charge is 0.253 e. The van der Waals surface area contributed by atoms with Crippen molar-refractivity contribution in [2.75, 3.05) is 40.4 Å². The van der Waals surface area contributed by atoms with Crippen molar-refractivity contribution in [2.24, 2.45) is 0 Å². The van der Waals surface area contributed by atoms with Crippen LogP contribution in [0.1, 0.15) is 30.5 Å². The molecule has 1 atom stereocenters. The monoisotopic (exact) mass is 480 g/mol. The highest BCUT2D eigenvalue weighted by molar-refractivity contribution is 7.80. The Balaban J connectivity index is 1.56. The molecule has 7 nitrogen and oxygen atoms in total. The van der Waals surface area contributed by atoms with Crippen LogP contribution in [-0.2, 0) is 6.54 Å². The third-order valence-electron chi connectivity index (χ3n) is 5.91. The van der Waals surface area contributed by atoms with Crippen LogP contribution in [-0.4, -0.2) is 60.3 Å². The first-order valence-electron chi connectivity index (χ1n) is 11.6. The summed E-state index contributed by atoms with van der Waals surface area (Å²) in [7, 11) is 4.11. The van der Waals surface area contributed by atoms with E-state index in [4.69, 9.17) is 21.7 Å². The molecule has 8 heteroatoms. The average molecular weight is 481 g/mol. The maximum atomic E-state index is 13.0. The highest BCUT2D eigenvalue weighted by Gasteiger charge is 2.18. The first-order valence-corrected chi connectivity index (χ1v) is 12.0. The minimum atomic E-state index is -0.124. The fraction of sp³-hybridized carbons (Fsp3) is 0.385. The van der Waals surface area contributed by atoms with E-state index in [1.807, 2.05) is 36.4 Å². The molecule has 34 heavy (non-hydrogen) atoms. The molecular formula is C26H32N4O3S. The van der Waals surface area contributed by atoms with E-state index in [1.165, 1.54) is 0 Å². The van der Waals surface area contributed by atoms with Gasteiger partial charge in [-0.05, 0) is 63.9 Å². The van der Waals surface area contributed by atoms with Gasteiger partial charge in [0.2, 0.25) is 0 Å². The topological polar surface area (TPSA) is 69.8 Å². The molecule has 1 aliphatic rings. The predicted octanol–water partition coefficient (Wildman–Crippen LogP) is 3.69. The van der Waals surface area contributed by atoms with Gasteiger partial charge in [-0.1, -0.05) is 30.3 Å². The standard InChI is InChI=1S/C26H32N4O3S/c1-18(19-8-5-4-6-9-19)27-26(34)30(11-7-10-29(2)3)17-21-14-20-15-23-24(33-13-12-32-23)16-22(20)28-25(21)31/h4-6,8-9,14-16,18H,7,10-13,17H2,1-3H3,(H,27,34)(H,28,31)/t18-/m1/s1. The molecule has 1 aliphatic heterocycles. The molecule has 4 rings (SSSR count). The van der Waals surface area contributed by atoms with Crippen LogP contribution in [0.3, 0.4) is 0 Å². The lowest BCUT2D eigenvalue weighted by atomic mass is 10.1. The minimum Gasteiger partial charge on any atom is -0.486 e. The van der Waals surface area contributed by atoms with Gasteiger partial charge < -0.3 is 29.6 Å². The largest absolute Gasteiger partial charge is 0.486 e. The molecule has 180 valence electrons. The molecule has 0 saturated heterocycles. The number of ether oxygens (including phenoxy) is 2. The van der Waals surface area contributed by atoms with Crippen molar-refractivity contribution in [3.05, 3.63) is 70.0 Å². The Kier molecular flexibility index (Phi) is 7.70. The number of H-pyrrole nitrogens is 1. The number of benzene rings is 2. The Hall–Kier alpha value is -3.10. The van der Waals surface area contributed by atoms with Crippen LogP contribution in [0.15, 0.2) is 53.3 Å². The molecule has 0 radical (unpaired) electrons. The SMILES string of the molecule is C[C@@H](NC(=S)N(CCCN(C)C)Cc1cc2cc3c(cc2[nH]c1=O)OCCO3)c1ccccc1. The zero-order valence-electron chi connectivity index (χ0n) is 20.0. The van der Waals surface area contributed by atoms with E-state index >= 15 is 0 Å². The zero-order chi connectivity index (χ0) is 24.1. The maximum Gasteiger partial charge on any atom is 0.253 e. The van der Waals surface area contributed by atoms with Crippen LogP contribution in [0.4, 0.5) is 0 Å². The van der Waals surface area contributed by atoms with E-state index in [2.05, 4.69) is 53.3 Å². The minimum absolute atomic E-state index is 0.0589. The Morgan fingerprint density at radius 1 is 1.09 bits per heavy atom. The molecule has 3 aromatic rings. The molecule has 2 heterocycles. The van der Waals surface area contributed by atoms with Gasteiger partial charge >= 0.3 is 0 Å². The number of thiocarbonyl (C=S) groups is 1. The molecule has 0 aliphatic carbocycles. The quantitative estimate of drug-likeness (QED) is 0.477. The van der Waals surface area contributed by atoms with E-state index in [-0.39, 0.29) is 11.6 Å². The molecule has 2 aromatic carbocycles. The molecule has 0 fully saturated rings. The summed E-state index contributed by atoms with van der Waals surface area (Å²) in [5.74, 6) is 1.36. The third kappa shape index (κ3) is 5.87. The summed E-state index contributed by atoms with van der Waals surface area (Å²) in [5.41, 5.74) is 2.43. The summed E-state index contributed by atoms with van der Waals surface area (Å²) >= 11 is 5.80. The van der Waals surface area contributed by atoms with E-state index < -0.39 is 0 Å². The number of pyridine rings is 1. The summed E-state index contributed by atoms with van der Waals surface area (Å²) in [4.78, 5) is 20.2. The van der Waals surface area contributed by atoms with E-state index in [9.17, 15) is 4.79 Å². The number of rotatable bonds is 8. The predicted molar refractivity (Wildman–Crippen MR) is 140 cm³/mol. The highest BCUT2D eigenvalue weighted by atomic mass is 32.1. The number of nitrogens with one attached hydrogen (secondary N) is 2. The van der Waals surface area contributed by atoms with Crippen molar-refractivity contribution in [3.8, 4) is 11.5 Å². The third-order valence-corrected chi connectivity index (χ3v) is 6.28. The molecule has 0 bridgehead atoms. The van der Waals surface area contributed by atoms with Gasteiger partial charge in [0, 0.05) is 23.6 Å². The lowest BCUT2D eigenvalue weighted by Gasteiger charge is -2.29. The van der Waals surface area contributed by atoms with Crippen LogP contribution < -0.4 is 20.3 Å². The molecule has 0 saturated carbocycles. The summed E-state index contributed by atoms with van der Waals surface area (Å²) in [6, 6.07) is 15.9. The van der Waals surface area contributed by atoms with Gasteiger partial charge in [0.15, 0.2) is 16.6 Å². The lowest BCUT2D eigenvalue weighted by molar-refractivity contribution is 0.172. The molecule has 0 amide bonds. The number of hydrogen-bond acceptors (Lipinski definition) is 5. The van der Waals surface area contributed by atoms with Crippen LogP contribution in [0.25, 0.3) is 10.9 Å². The Labute approximate surface area is 205 Å². The fourth-order valence-corrected chi connectivity index (χ4v) is 4.38. The second-order valence-corrected chi connectivity index (χ2v) is 9.25. The Morgan fingerprint density at radius 2 is 1.79 bits per heavy atom. The molecule has 0 spiro atoms. The number of fused-ring (bicyclic) bond motifs is 2. The van der Waals surface area contributed by atoms with E-state index in [0.29, 0.717) is 41.9 Å². The average Bonchev–Trinajstić information content (AvgIpc) is 2.82. The molecule has 0 unspecified atom stereocenters. The van der Waals surface area contributed by atoms with Gasteiger partial charge in [-0.25, -0.2) is 0 Å². The van der Waals surface area contributed by atoms with E-state index in [1.54, 1.807) is 0 Å². The van der Waals surface area contributed by atoms with Crippen LogP contribution in [0, 0.1) is 0 Å². The highest BCUT2D eigenvalue weighted by Crippen LogP contribution is 2.33. The van der Waals surface area contributed by atoms with Crippen molar-refractivity contribution in [1.82, 2.24) is 20.1 Å². The van der Waals surface area contributed by atoms with Crippen molar-refractivity contribution in [3.63, 3.8) is 0 Å². The van der Waals surface area contributed by atoms with Gasteiger partial charge in [0.25, 0.3) is 5.56 Å². The molecular weight excluding hydrogens is 448 g/mol. The second-order valence-electron chi connectivity index (χ2n) is 8.87. The van der Waals surface area contributed by atoms with Crippen molar-refractivity contribution >= 4 is 28.2 Å². The van der Waals surface area contributed by atoms with Crippen LogP contribution in [0.2, 0.25) is 0 Å². The number of nitrogens with zero attached hydrogens (tertiary/aromatic N) is 2. The number of hydrogen-bond donors (Lipinski definition) is 2. The lowest BCUT2D eigenvalue weighted by Crippen LogP contribution is -2.42. The maximum absolute atomic E-state index is 13.0. The van der Waals surface area contributed by atoms with E-state index in [0.717, 1.165) is 36.0 Å². The van der Waals surface area contributed by atoms with Crippen LogP contribution in [0.5, 0.6) is 11.5 Å². The van der Waals surface area contributed by atoms with Gasteiger partial charge in [0.05, 0.1) is 18.1 Å². The zero-order valence-corrected chi connectivity index (χ0v) is 20.8. The summed E-state index contributed by atoms with van der Waals surface area (Å²) in [6.45, 7) is 5.21. The normalized spacial score (nSPS) is 13.6. The summed E-state index contributed by atoms with van der Waals surface area (Å²) < 4.78 is 11.4. The Bertz CT molecular complexity index is 1200. The first kappa shape index (κ1) is 24.0. The summed E-state index contributed by atoms with van der Waals surface area (Å²) in [6.07, 6.45) is 0.929. The van der Waals surface area contributed by atoms with Gasteiger partial charge in [-0.3, -0.25) is 4.79 Å². The first-order chi connectivity index (χ1) is 16.4. The second kappa shape index (κ2) is 10.9. The molecule has 2 N–H and O–H groups in total. The van der Waals surface area contributed by atoms with Crippen molar-refractivity contribution in [1.29, 1.82) is 0 Å².